The number of hydrogen-bond donors (Lipinski definition) is 9. The highest BCUT2D eigenvalue weighted by Gasteiger charge is 2.36. The van der Waals surface area contributed by atoms with E-state index in [1.54, 1.807) is 0 Å². The number of aliphatic hydroxyl groups excluding tert-OH is 1. The Morgan fingerprint density at radius 2 is 1.63 bits per heavy atom. The Bertz CT molecular complexity index is 1130. The maximum Gasteiger partial charge on any atom is 0.245 e. The number of rotatable bonds is 15. The normalized spacial score (nSPS) is 17.4. The first-order valence-electron chi connectivity index (χ1n) is 12.6. The van der Waals surface area contributed by atoms with Crippen molar-refractivity contribution in [3.05, 3.63) is 18.2 Å². The number of nitrogens with one attached hydrogen (secondary N) is 5. The number of primary amides is 2. The van der Waals surface area contributed by atoms with Gasteiger partial charge in [-0.15, -0.1) is 0 Å². The number of hydrogen-bond acceptors (Lipinski definition) is 10. The van der Waals surface area contributed by atoms with Gasteiger partial charge in [0, 0.05) is 37.5 Å². The van der Waals surface area contributed by atoms with Gasteiger partial charge in [0.2, 0.25) is 41.4 Å². The summed E-state index contributed by atoms with van der Waals surface area (Å²) in [5.41, 5.74) is 10.7. The molecule has 18 heteroatoms. The van der Waals surface area contributed by atoms with Crippen LogP contribution in [0.25, 0.3) is 0 Å². The number of likely N-dealkylation sites (tertiary alicyclic amines) is 1. The summed E-state index contributed by atoms with van der Waals surface area (Å²) in [6, 6.07) is -6.34. The standard InChI is InChI=1S/C23H35N9O8S/c1-11(34)32-4-2-3-17(32)23(40)29-14(5-12-7-26-10-27-12)20(37)30-15(8-33)21(38)31-16(9-41)22(39)28-13(19(25)36)6-18(24)35/h7,10,13-17,33,41H,2-6,8-9H2,1H3,(H2,24,35)(H2,25,36)(H,26,27)(H,28,39)(H,29,40)(H,30,37)(H,31,38)/t13-,14+,15-,16+,17-/m0/s1. The van der Waals surface area contributed by atoms with E-state index in [1.807, 2.05) is 0 Å². The quantitative estimate of drug-likeness (QED) is 0.0876. The molecule has 17 nitrogen and oxygen atoms in total. The molecule has 1 aromatic rings. The molecule has 0 spiro atoms. The minimum atomic E-state index is -1.56. The highest BCUT2D eigenvalue weighted by Crippen LogP contribution is 2.17. The fourth-order valence-corrected chi connectivity index (χ4v) is 4.40. The Morgan fingerprint density at radius 1 is 1.02 bits per heavy atom. The number of aromatic amines is 1. The number of imidazole rings is 1. The molecule has 2 heterocycles. The molecular weight excluding hydrogens is 562 g/mol. The van der Waals surface area contributed by atoms with Crippen molar-refractivity contribution in [3.8, 4) is 0 Å². The summed E-state index contributed by atoms with van der Waals surface area (Å²) in [4.78, 5) is 94.3. The van der Waals surface area contributed by atoms with Crippen molar-refractivity contribution in [1.29, 1.82) is 0 Å². The molecule has 0 aliphatic carbocycles. The van der Waals surface area contributed by atoms with Gasteiger partial charge in [0.25, 0.3) is 0 Å². The Balaban J connectivity index is 2.11. The predicted molar refractivity (Wildman–Crippen MR) is 144 cm³/mol. The molecule has 1 aliphatic rings. The van der Waals surface area contributed by atoms with Gasteiger partial charge in [-0.05, 0) is 12.8 Å². The Morgan fingerprint density at radius 3 is 2.17 bits per heavy atom. The van der Waals surface area contributed by atoms with Crippen LogP contribution in [0.15, 0.2) is 12.5 Å². The van der Waals surface area contributed by atoms with Crippen molar-refractivity contribution in [2.24, 2.45) is 11.5 Å². The molecule has 1 saturated heterocycles. The largest absolute Gasteiger partial charge is 0.394 e. The van der Waals surface area contributed by atoms with Crippen LogP contribution in [0.1, 0.15) is 31.9 Å². The third-order valence-corrected chi connectivity index (χ3v) is 6.63. The number of thiol groups is 1. The minimum Gasteiger partial charge on any atom is -0.394 e. The van der Waals surface area contributed by atoms with Crippen LogP contribution < -0.4 is 32.7 Å². The summed E-state index contributed by atoms with van der Waals surface area (Å²) < 4.78 is 0. The number of aliphatic hydroxyl groups is 1. The highest BCUT2D eigenvalue weighted by atomic mass is 32.1. The molecule has 0 bridgehead atoms. The molecule has 226 valence electrons. The Kier molecular flexibility index (Phi) is 12.5. The van der Waals surface area contributed by atoms with Crippen molar-refractivity contribution >= 4 is 54.0 Å². The first kappa shape index (κ1) is 33.0. The third-order valence-electron chi connectivity index (χ3n) is 6.27. The zero-order valence-corrected chi connectivity index (χ0v) is 23.2. The second kappa shape index (κ2) is 15.6. The van der Waals surface area contributed by atoms with Gasteiger partial charge in [-0.3, -0.25) is 33.6 Å². The zero-order chi connectivity index (χ0) is 30.7. The molecule has 1 fully saturated rings. The molecule has 0 saturated carbocycles. The molecular formula is C23H35N9O8S. The van der Waals surface area contributed by atoms with Crippen molar-refractivity contribution < 1.29 is 38.7 Å². The summed E-state index contributed by atoms with van der Waals surface area (Å²) in [6.45, 7) is 0.866. The van der Waals surface area contributed by atoms with Crippen molar-refractivity contribution in [1.82, 2.24) is 36.1 Å². The first-order valence-corrected chi connectivity index (χ1v) is 13.3. The maximum atomic E-state index is 13.2. The molecule has 0 aromatic carbocycles. The van der Waals surface area contributed by atoms with Gasteiger partial charge in [0.05, 0.1) is 19.4 Å². The van der Waals surface area contributed by atoms with Gasteiger partial charge >= 0.3 is 0 Å². The molecule has 1 aromatic heterocycles. The van der Waals surface area contributed by atoms with Crippen LogP contribution in [0, 0.1) is 0 Å². The second-order valence-corrected chi connectivity index (χ2v) is 9.70. The molecule has 7 amide bonds. The van der Waals surface area contributed by atoms with E-state index in [-0.39, 0.29) is 18.1 Å². The zero-order valence-electron chi connectivity index (χ0n) is 22.3. The fraction of sp³-hybridized carbons (Fsp3) is 0.565. The molecule has 0 radical (unpaired) electrons. The lowest BCUT2D eigenvalue weighted by molar-refractivity contribution is -0.138. The van der Waals surface area contributed by atoms with Crippen LogP contribution in [0.2, 0.25) is 0 Å². The van der Waals surface area contributed by atoms with Crippen molar-refractivity contribution in [2.75, 3.05) is 18.9 Å². The number of carbonyl (C=O) groups excluding carboxylic acids is 7. The summed E-state index contributed by atoms with van der Waals surface area (Å²) >= 11 is 4.01. The average molecular weight is 598 g/mol. The summed E-state index contributed by atoms with van der Waals surface area (Å²) in [5, 5.41) is 19.2. The van der Waals surface area contributed by atoms with E-state index >= 15 is 0 Å². The summed E-state index contributed by atoms with van der Waals surface area (Å²) in [5.74, 6) is -5.78. The molecule has 0 unspecified atom stereocenters. The lowest BCUT2D eigenvalue weighted by Crippen LogP contribution is -2.60. The van der Waals surface area contributed by atoms with Crippen LogP contribution in [0.3, 0.4) is 0 Å². The van der Waals surface area contributed by atoms with Gasteiger partial charge < -0.3 is 47.7 Å². The van der Waals surface area contributed by atoms with Crippen LogP contribution >= 0.6 is 12.6 Å². The number of amides is 7. The molecule has 1 aliphatic heterocycles. The van der Waals surface area contributed by atoms with E-state index in [4.69, 9.17) is 11.5 Å². The van der Waals surface area contributed by atoms with E-state index in [2.05, 4.69) is 43.9 Å². The predicted octanol–water partition coefficient (Wildman–Crippen LogP) is -4.81. The topological polar surface area (TPSA) is 272 Å². The molecule has 10 N–H and O–H groups in total. The second-order valence-electron chi connectivity index (χ2n) is 9.33. The van der Waals surface area contributed by atoms with Gasteiger partial charge in [0.1, 0.15) is 30.2 Å². The smallest absolute Gasteiger partial charge is 0.245 e. The van der Waals surface area contributed by atoms with E-state index in [9.17, 15) is 38.7 Å². The Hall–Kier alpha value is -4.19. The third kappa shape index (κ3) is 9.75. The monoisotopic (exact) mass is 597 g/mol. The molecule has 2 rings (SSSR count). The van der Waals surface area contributed by atoms with Crippen LogP contribution in [0.4, 0.5) is 0 Å². The summed E-state index contributed by atoms with van der Waals surface area (Å²) in [6.07, 6.45) is 3.21. The van der Waals surface area contributed by atoms with E-state index < -0.39 is 78.7 Å². The SMILES string of the molecule is CC(=O)N1CCC[C@H]1C(=O)N[C@H](Cc1cnc[nH]1)C(=O)N[C@@H](CO)C(=O)N[C@H](CS)C(=O)N[C@@H](CC(N)=O)C(N)=O. The van der Waals surface area contributed by atoms with Crippen LogP contribution in [-0.4, -0.2) is 110 Å². The number of H-pyrrole nitrogens is 1. The fourth-order valence-electron chi connectivity index (χ4n) is 4.14. The minimum absolute atomic E-state index is 0.0554. The van der Waals surface area contributed by atoms with Gasteiger partial charge in [-0.25, -0.2) is 4.98 Å². The van der Waals surface area contributed by atoms with E-state index in [0.29, 0.717) is 25.1 Å². The highest BCUT2D eigenvalue weighted by molar-refractivity contribution is 7.80. The molecule has 41 heavy (non-hydrogen) atoms. The number of nitrogens with zero attached hydrogens (tertiary/aromatic N) is 2. The average Bonchev–Trinajstić information content (AvgIpc) is 3.61. The molecule has 5 atom stereocenters. The lowest BCUT2D eigenvalue weighted by atomic mass is 10.1. The Labute approximate surface area is 240 Å². The number of carbonyl (C=O) groups is 7. The van der Waals surface area contributed by atoms with Crippen molar-refractivity contribution in [3.63, 3.8) is 0 Å². The lowest BCUT2D eigenvalue weighted by Gasteiger charge is -2.27. The van der Waals surface area contributed by atoms with E-state index in [1.165, 1.54) is 24.3 Å². The van der Waals surface area contributed by atoms with E-state index in [0.717, 1.165) is 0 Å². The van der Waals surface area contributed by atoms with Gasteiger partial charge in [-0.2, -0.15) is 12.6 Å². The van der Waals surface area contributed by atoms with Gasteiger partial charge in [0.15, 0.2) is 0 Å². The van der Waals surface area contributed by atoms with Gasteiger partial charge in [-0.1, -0.05) is 0 Å². The van der Waals surface area contributed by atoms with Crippen LogP contribution in [0.5, 0.6) is 0 Å². The number of nitrogens with two attached hydrogens (primary N) is 2. The summed E-state index contributed by atoms with van der Waals surface area (Å²) in [7, 11) is 0. The van der Waals surface area contributed by atoms with Crippen LogP contribution in [-0.2, 0) is 40.0 Å². The first-order chi connectivity index (χ1) is 19.4. The van der Waals surface area contributed by atoms with Crippen molar-refractivity contribution in [2.45, 2.75) is 62.8 Å². The maximum absolute atomic E-state index is 13.2. The number of aromatic nitrogens is 2.